The lowest BCUT2D eigenvalue weighted by Gasteiger charge is -2.09. The highest BCUT2D eigenvalue weighted by atomic mass is 16.3. The molecular weight excluding hydrogens is 204 g/mol. The molecule has 0 fully saturated rings. The van der Waals surface area contributed by atoms with Gasteiger partial charge >= 0.3 is 0 Å². The second-order valence-corrected chi connectivity index (χ2v) is 3.61. The molecule has 1 aromatic carbocycles. The average Bonchev–Trinajstić information content (AvgIpc) is 2.35. The molecule has 4 nitrogen and oxygen atoms in total. The number of fused-ring (bicyclic) bond motifs is 1. The zero-order valence-electron chi connectivity index (χ0n) is 8.80. The van der Waals surface area contributed by atoms with Crippen molar-refractivity contribution in [1.82, 2.24) is 4.98 Å². The van der Waals surface area contributed by atoms with E-state index in [1.54, 1.807) is 0 Å². The summed E-state index contributed by atoms with van der Waals surface area (Å²) < 4.78 is 0. The molecule has 1 aromatic heterocycles. The molecule has 0 aliphatic rings. The van der Waals surface area contributed by atoms with Gasteiger partial charge < -0.3 is 15.5 Å². The Morgan fingerprint density at radius 3 is 2.81 bits per heavy atom. The molecule has 0 saturated heterocycles. The normalized spacial score (nSPS) is 12.6. The maximum atomic E-state index is 9.19. The van der Waals surface area contributed by atoms with Gasteiger partial charge in [0, 0.05) is 11.9 Å². The summed E-state index contributed by atoms with van der Waals surface area (Å²) >= 11 is 0. The maximum absolute atomic E-state index is 9.19. The highest BCUT2D eigenvalue weighted by molar-refractivity contribution is 5.79. The third-order valence-corrected chi connectivity index (χ3v) is 2.33. The molecule has 1 unspecified atom stereocenters. The Labute approximate surface area is 93.6 Å². The van der Waals surface area contributed by atoms with Crippen LogP contribution in [-0.2, 0) is 0 Å². The van der Waals surface area contributed by atoms with Crippen LogP contribution in [-0.4, -0.2) is 34.5 Å². The highest BCUT2D eigenvalue weighted by Gasteiger charge is 2.02. The second-order valence-electron chi connectivity index (χ2n) is 3.61. The van der Waals surface area contributed by atoms with E-state index >= 15 is 0 Å². The Kier molecular flexibility index (Phi) is 3.34. The van der Waals surface area contributed by atoms with Crippen molar-refractivity contribution in [2.45, 2.75) is 6.10 Å². The van der Waals surface area contributed by atoms with Crippen LogP contribution < -0.4 is 5.32 Å². The number of aromatic nitrogens is 1. The Hall–Kier alpha value is -1.65. The first kappa shape index (κ1) is 10.9. The fraction of sp³-hybridized carbons (Fsp3) is 0.250. The van der Waals surface area contributed by atoms with Crippen LogP contribution in [0.3, 0.4) is 0 Å². The Balaban J connectivity index is 2.13. The van der Waals surface area contributed by atoms with Crippen molar-refractivity contribution in [3.8, 4) is 0 Å². The van der Waals surface area contributed by atoms with Gasteiger partial charge in [0.1, 0.15) is 5.82 Å². The minimum absolute atomic E-state index is 0.249. The molecule has 0 aliphatic carbocycles. The van der Waals surface area contributed by atoms with Gasteiger partial charge in [-0.25, -0.2) is 4.98 Å². The molecule has 4 heteroatoms. The minimum Gasteiger partial charge on any atom is -0.394 e. The summed E-state index contributed by atoms with van der Waals surface area (Å²) in [5.74, 6) is 0.700. The molecule has 1 heterocycles. The van der Waals surface area contributed by atoms with Crippen LogP contribution in [0.25, 0.3) is 10.9 Å². The van der Waals surface area contributed by atoms with E-state index in [1.165, 1.54) is 0 Å². The van der Waals surface area contributed by atoms with Crippen molar-refractivity contribution in [1.29, 1.82) is 0 Å². The number of hydrogen-bond donors (Lipinski definition) is 3. The van der Waals surface area contributed by atoms with E-state index in [0.717, 1.165) is 10.9 Å². The van der Waals surface area contributed by atoms with E-state index in [0.29, 0.717) is 12.4 Å². The number of pyridine rings is 1. The Morgan fingerprint density at radius 2 is 2.00 bits per heavy atom. The van der Waals surface area contributed by atoms with Crippen molar-refractivity contribution >= 4 is 16.7 Å². The molecule has 3 N–H and O–H groups in total. The van der Waals surface area contributed by atoms with Crippen molar-refractivity contribution in [3.63, 3.8) is 0 Å². The number of hydrogen-bond acceptors (Lipinski definition) is 4. The van der Waals surface area contributed by atoms with E-state index < -0.39 is 6.10 Å². The molecule has 2 rings (SSSR count). The van der Waals surface area contributed by atoms with Crippen molar-refractivity contribution < 1.29 is 10.2 Å². The molecule has 2 aromatic rings. The van der Waals surface area contributed by atoms with Crippen LogP contribution in [0.15, 0.2) is 36.4 Å². The van der Waals surface area contributed by atoms with Crippen LogP contribution >= 0.6 is 0 Å². The summed E-state index contributed by atoms with van der Waals surface area (Å²) in [6.45, 7) is 0.0441. The van der Waals surface area contributed by atoms with E-state index in [9.17, 15) is 5.11 Å². The number of rotatable bonds is 4. The lowest BCUT2D eigenvalue weighted by atomic mass is 10.2. The maximum Gasteiger partial charge on any atom is 0.126 e. The number of anilines is 1. The average molecular weight is 218 g/mol. The fourth-order valence-corrected chi connectivity index (χ4v) is 1.45. The summed E-state index contributed by atoms with van der Waals surface area (Å²) in [5.41, 5.74) is 0.908. The van der Waals surface area contributed by atoms with E-state index in [1.807, 2.05) is 36.4 Å². The summed E-state index contributed by atoms with van der Waals surface area (Å²) in [6.07, 6.45) is -0.756. The Bertz CT molecular complexity index is 473. The number of aliphatic hydroxyl groups is 2. The van der Waals surface area contributed by atoms with Crippen LogP contribution in [0.2, 0.25) is 0 Å². The number of aliphatic hydroxyl groups excluding tert-OH is 2. The second kappa shape index (κ2) is 4.92. The zero-order valence-corrected chi connectivity index (χ0v) is 8.80. The number of nitrogens with one attached hydrogen (secondary N) is 1. The van der Waals surface area contributed by atoms with E-state index in [2.05, 4.69) is 10.3 Å². The van der Waals surface area contributed by atoms with Gasteiger partial charge in [0.2, 0.25) is 0 Å². The van der Waals surface area contributed by atoms with Gasteiger partial charge in [0.05, 0.1) is 18.2 Å². The van der Waals surface area contributed by atoms with Gasteiger partial charge in [0.25, 0.3) is 0 Å². The smallest absolute Gasteiger partial charge is 0.126 e. The first-order valence-electron chi connectivity index (χ1n) is 5.18. The summed E-state index contributed by atoms with van der Waals surface area (Å²) in [7, 11) is 0. The predicted molar refractivity (Wildman–Crippen MR) is 63.3 cm³/mol. The van der Waals surface area contributed by atoms with E-state index in [-0.39, 0.29) is 6.61 Å². The van der Waals surface area contributed by atoms with Gasteiger partial charge in [-0.15, -0.1) is 0 Å². The summed E-state index contributed by atoms with van der Waals surface area (Å²) in [5, 5.41) is 21.9. The molecule has 16 heavy (non-hydrogen) atoms. The molecule has 0 aliphatic heterocycles. The quantitative estimate of drug-likeness (QED) is 0.716. The number of benzene rings is 1. The molecule has 0 bridgehead atoms. The zero-order chi connectivity index (χ0) is 11.4. The fourth-order valence-electron chi connectivity index (χ4n) is 1.45. The minimum atomic E-state index is -0.756. The monoisotopic (exact) mass is 218 g/mol. The van der Waals surface area contributed by atoms with Gasteiger partial charge in [0.15, 0.2) is 0 Å². The van der Waals surface area contributed by atoms with Crippen molar-refractivity contribution in [3.05, 3.63) is 36.4 Å². The van der Waals surface area contributed by atoms with Crippen molar-refractivity contribution in [2.75, 3.05) is 18.5 Å². The third kappa shape index (κ3) is 2.48. The highest BCUT2D eigenvalue weighted by Crippen LogP contribution is 2.14. The summed E-state index contributed by atoms with van der Waals surface area (Å²) in [6, 6.07) is 11.6. The standard InChI is InChI=1S/C12H14N2O2/c15-8-10(16)7-13-12-6-5-9-3-1-2-4-11(9)14-12/h1-6,10,15-16H,7-8H2,(H,13,14). The first-order valence-corrected chi connectivity index (χ1v) is 5.18. The van der Waals surface area contributed by atoms with Crippen molar-refractivity contribution in [2.24, 2.45) is 0 Å². The van der Waals surface area contributed by atoms with Gasteiger partial charge in [-0.1, -0.05) is 18.2 Å². The van der Waals surface area contributed by atoms with Crippen LogP contribution in [0, 0.1) is 0 Å². The van der Waals surface area contributed by atoms with Gasteiger partial charge in [-0.3, -0.25) is 0 Å². The third-order valence-electron chi connectivity index (χ3n) is 2.33. The van der Waals surface area contributed by atoms with Gasteiger partial charge in [-0.2, -0.15) is 0 Å². The topological polar surface area (TPSA) is 65.4 Å². The van der Waals surface area contributed by atoms with E-state index in [4.69, 9.17) is 5.11 Å². The van der Waals surface area contributed by atoms with Gasteiger partial charge in [-0.05, 0) is 18.2 Å². The number of para-hydroxylation sites is 1. The van der Waals surface area contributed by atoms with Crippen LogP contribution in [0.5, 0.6) is 0 Å². The molecule has 0 radical (unpaired) electrons. The van der Waals surface area contributed by atoms with Crippen LogP contribution in [0.4, 0.5) is 5.82 Å². The predicted octanol–water partition coefficient (Wildman–Crippen LogP) is 1.000. The molecule has 84 valence electrons. The largest absolute Gasteiger partial charge is 0.394 e. The SMILES string of the molecule is OCC(O)CNc1ccc2ccccc2n1. The molecule has 0 amide bonds. The molecule has 0 saturated carbocycles. The Morgan fingerprint density at radius 1 is 1.19 bits per heavy atom. The molecule has 1 atom stereocenters. The lowest BCUT2D eigenvalue weighted by Crippen LogP contribution is -2.23. The van der Waals surface area contributed by atoms with Crippen LogP contribution in [0.1, 0.15) is 0 Å². The number of nitrogens with zero attached hydrogens (tertiary/aromatic N) is 1. The summed E-state index contributed by atoms with van der Waals surface area (Å²) in [4.78, 5) is 4.38. The lowest BCUT2D eigenvalue weighted by molar-refractivity contribution is 0.105. The molecule has 0 spiro atoms. The molecular formula is C12H14N2O2. The first-order chi connectivity index (χ1) is 7.79.